The Morgan fingerprint density at radius 1 is 1.15 bits per heavy atom. The van der Waals surface area contributed by atoms with Crippen LogP contribution < -0.4 is 0 Å². The molecule has 0 bridgehead atoms. The fraction of sp³-hybridized carbons (Fsp3) is 0.278. The number of aromatic carboxylic acids is 1. The summed E-state index contributed by atoms with van der Waals surface area (Å²) < 4.78 is 0. The van der Waals surface area contributed by atoms with Crippen molar-refractivity contribution in [3.05, 3.63) is 59.7 Å². The number of benzene rings is 2. The highest BCUT2D eigenvalue weighted by atomic mass is 16.4. The summed E-state index contributed by atoms with van der Waals surface area (Å²) >= 11 is 0. The molecule has 0 amide bonds. The molecule has 0 aliphatic rings. The molecule has 104 valence electrons. The lowest BCUT2D eigenvalue weighted by molar-refractivity contribution is 0.0697. The molecule has 0 saturated heterocycles. The molecule has 2 heteroatoms. The van der Waals surface area contributed by atoms with Gasteiger partial charge in [-0.2, -0.15) is 0 Å². The van der Waals surface area contributed by atoms with Gasteiger partial charge in [0.2, 0.25) is 0 Å². The molecule has 0 aliphatic carbocycles. The van der Waals surface area contributed by atoms with E-state index in [1.807, 2.05) is 48.5 Å². The number of hydrogen-bond donors (Lipinski definition) is 1. The minimum absolute atomic E-state index is 0.386. The summed E-state index contributed by atoms with van der Waals surface area (Å²) in [6, 6.07) is 15.4. The van der Waals surface area contributed by atoms with E-state index in [-0.39, 0.29) is 0 Å². The predicted molar refractivity (Wildman–Crippen MR) is 82.0 cm³/mol. The van der Waals surface area contributed by atoms with E-state index < -0.39 is 5.97 Å². The van der Waals surface area contributed by atoms with Crippen molar-refractivity contribution in [1.82, 2.24) is 0 Å². The molecule has 0 radical (unpaired) electrons. The third-order valence-electron chi connectivity index (χ3n) is 3.68. The van der Waals surface area contributed by atoms with Gasteiger partial charge in [-0.3, -0.25) is 0 Å². The van der Waals surface area contributed by atoms with Crippen molar-refractivity contribution in [2.45, 2.75) is 26.7 Å². The Kier molecular flexibility index (Phi) is 4.57. The van der Waals surface area contributed by atoms with Crippen LogP contribution in [0.1, 0.15) is 36.2 Å². The Morgan fingerprint density at radius 3 is 2.45 bits per heavy atom. The Bertz CT molecular complexity index is 588. The number of hydrogen-bond acceptors (Lipinski definition) is 1. The van der Waals surface area contributed by atoms with Gasteiger partial charge in [-0.1, -0.05) is 62.7 Å². The maximum atomic E-state index is 11.5. The first-order chi connectivity index (χ1) is 9.61. The first-order valence-electron chi connectivity index (χ1n) is 7.03. The van der Waals surface area contributed by atoms with Crippen molar-refractivity contribution >= 4 is 5.97 Å². The van der Waals surface area contributed by atoms with Crippen LogP contribution in [-0.2, 0) is 6.42 Å². The van der Waals surface area contributed by atoms with E-state index in [0.29, 0.717) is 11.5 Å². The molecule has 2 rings (SSSR count). The summed E-state index contributed by atoms with van der Waals surface area (Å²) in [5.41, 5.74) is 3.21. The van der Waals surface area contributed by atoms with E-state index in [2.05, 4.69) is 13.8 Å². The zero-order valence-electron chi connectivity index (χ0n) is 12.0. The molecule has 0 fully saturated rings. The van der Waals surface area contributed by atoms with Crippen LogP contribution in [0, 0.1) is 5.92 Å². The number of rotatable bonds is 5. The third-order valence-corrected chi connectivity index (χ3v) is 3.68. The molecule has 0 spiro atoms. The predicted octanol–water partition coefficient (Wildman–Crippen LogP) is 4.64. The monoisotopic (exact) mass is 268 g/mol. The first kappa shape index (κ1) is 14.3. The van der Waals surface area contributed by atoms with Gasteiger partial charge in [0.25, 0.3) is 0 Å². The van der Waals surface area contributed by atoms with Gasteiger partial charge in [0, 0.05) is 0 Å². The van der Waals surface area contributed by atoms with Crippen molar-refractivity contribution in [2.75, 3.05) is 0 Å². The van der Waals surface area contributed by atoms with Gasteiger partial charge < -0.3 is 5.11 Å². The average molecular weight is 268 g/mol. The van der Waals surface area contributed by atoms with Crippen molar-refractivity contribution in [2.24, 2.45) is 5.92 Å². The molecule has 1 N–H and O–H groups in total. The van der Waals surface area contributed by atoms with Crippen molar-refractivity contribution in [3.63, 3.8) is 0 Å². The highest BCUT2D eigenvalue weighted by Crippen LogP contribution is 2.26. The normalized spacial score (nSPS) is 12.1. The quantitative estimate of drug-likeness (QED) is 0.857. The van der Waals surface area contributed by atoms with E-state index in [1.165, 1.54) is 0 Å². The molecule has 0 aliphatic heterocycles. The van der Waals surface area contributed by atoms with Gasteiger partial charge in [0.15, 0.2) is 0 Å². The zero-order chi connectivity index (χ0) is 14.5. The second kappa shape index (κ2) is 6.38. The van der Waals surface area contributed by atoms with Crippen LogP contribution in [0.15, 0.2) is 48.5 Å². The maximum absolute atomic E-state index is 11.5. The van der Waals surface area contributed by atoms with Crippen LogP contribution in [0.2, 0.25) is 0 Å². The Hall–Kier alpha value is -2.09. The van der Waals surface area contributed by atoms with E-state index in [4.69, 9.17) is 0 Å². The number of carboxylic acids is 1. The summed E-state index contributed by atoms with van der Waals surface area (Å²) in [5.74, 6) is -0.297. The standard InChI is InChI=1S/C18H20O2/c1-3-13(2)11-14-9-10-16(17(12-14)18(19)20)15-7-5-4-6-8-15/h4-10,12-13H,3,11H2,1-2H3,(H,19,20). The van der Waals surface area contributed by atoms with Crippen LogP contribution in [-0.4, -0.2) is 11.1 Å². The number of carboxylic acid groups (broad SMARTS) is 1. The lowest BCUT2D eigenvalue weighted by Gasteiger charge is -2.12. The fourth-order valence-electron chi connectivity index (χ4n) is 2.31. The molecular formula is C18H20O2. The largest absolute Gasteiger partial charge is 0.478 e. The zero-order valence-corrected chi connectivity index (χ0v) is 12.0. The second-order valence-corrected chi connectivity index (χ2v) is 5.27. The van der Waals surface area contributed by atoms with Gasteiger partial charge in [-0.25, -0.2) is 4.79 Å². The molecule has 1 unspecified atom stereocenters. The van der Waals surface area contributed by atoms with Gasteiger partial charge in [0.1, 0.15) is 0 Å². The van der Waals surface area contributed by atoms with Gasteiger partial charge in [-0.05, 0) is 35.1 Å². The Balaban J connectivity index is 2.41. The summed E-state index contributed by atoms with van der Waals surface area (Å²) in [6.45, 7) is 4.34. The van der Waals surface area contributed by atoms with Crippen molar-refractivity contribution < 1.29 is 9.90 Å². The third kappa shape index (κ3) is 3.27. The second-order valence-electron chi connectivity index (χ2n) is 5.27. The minimum atomic E-state index is -0.866. The van der Waals surface area contributed by atoms with E-state index in [9.17, 15) is 9.90 Å². The summed E-state index contributed by atoms with van der Waals surface area (Å²) in [4.78, 5) is 11.5. The van der Waals surface area contributed by atoms with E-state index >= 15 is 0 Å². The van der Waals surface area contributed by atoms with Crippen molar-refractivity contribution in [3.8, 4) is 11.1 Å². The van der Waals surface area contributed by atoms with Crippen LogP contribution in [0.5, 0.6) is 0 Å². The lowest BCUT2D eigenvalue weighted by Crippen LogP contribution is -2.03. The smallest absolute Gasteiger partial charge is 0.336 e. The highest BCUT2D eigenvalue weighted by molar-refractivity contribution is 5.96. The van der Waals surface area contributed by atoms with Crippen LogP contribution in [0.4, 0.5) is 0 Å². The Morgan fingerprint density at radius 2 is 1.85 bits per heavy atom. The lowest BCUT2D eigenvalue weighted by atomic mass is 9.93. The van der Waals surface area contributed by atoms with Crippen LogP contribution in [0.3, 0.4) is 0 Å². The molecule has 0 saturated carbocycles. The molecular weight excluding hydrogens is 248 g/mol. The Labute approximate surface area is 120 Å². The van der Waals surface area contributed by atoms with Gasteiger partial charge in [-0.15, -0.1) is 0 Å². The maximum Gasteiger partial charge on any atom is 0.336 e. The number of carbonyl (C=O) groups is 1. The molecule has 2 aromatic carbocycles. The molecule has 0 aromatic heterocycles. The molecule has 0 heterocycles. The topological polar surface area (TPSA) is 37.3 Å². The van der Waals surface area contributed by atoms with E-state index in [1.54, 1.807) is 0 Å². The van der Waals surface area contributed by atoms with Crippen LogP contribution in [0.25, 0.3) is 11.1 Å². The molecule has 2 nitrogen and oxygen atoms in total. The SMILES string of the molecule is CCC(C)Cc1ccc(-c2ccccc2)c(C(=O)O)c1. The molecule has 2 aromatic rings. The average Bonchev–Trinajstić information content (AvgIpc) is 2.48. The van der Waals surface area contributed by atoms with Gasteiger partial charge in [0.05, 0.1) is 5.56 Å². The van der Waals surface area contributed by atoms with E-state index in [0.717, 1.165) is 29.5 Å². The molecule has 1 atom stereocenters. The summed E-state index contributed by atoms with van der Waals surface area (Å²) in [7, 11) is 0. The summed E-state index contributed by atoms with van der Waals surface area (Å²) in [6.07, 6.45) is 2.02. The van der Waals surface area contributed by atoms with Crippen molar-refractivity contribution in [1.29, 1.82) is 0 Å². The van der Waals surface area contributed by atoms with Crippen LogP contribution >= 0.6 is 0 Å². The summed E-state index contributed by atoms with van der Waals surface area (Å²) in [5, 5.41) is 9.44. The fourth-order valence-corrected chi connectivity index (χ4v) is 2.31. The first-order valence-corrected chi connectivity index (χ1v) is 7.03. The molecule has 20 heavy (non-hydrogen) atoms. The highest BCUT2D eigenvalue weighted by Gasteiger charge is 2.13. The minimum Gasteiger partial charge on any atom is -0.478 e. The van der Waals surface area contributed by atoms with Gasteiger partial charge >= 0.3 is 5.97 Å².